The Morgan fingerprint density at radius 2 is 1.52 bits per heavy atom. The molecule has 0 bridgehead atoms. The number of sulfonamides is 1. The first-order chi connectivity index (χ1) is 19.5. The molecule has 7 nitrogen and oxygen atoms in total. The van der Waals surface area contributed by atoms with Crippen LogP contribution in [0.25, 0.3) is 0 Å². The number of hydrogen-bond donors (Lipinski definition) is 1. The Kier molecular flexibility index (Phi) is 11.0. The summed E-state index contributed by atoms with van der Waals surface area (Å²) in [5.41, 5.74) is 1.62. The molecule has 0 saturated carbocycles. The standard InChI is InChI=1S/C31H36Cl3N3O4S/c1-7-27(30(39)35-31(4,5)6)36(18-24-25(33)9-8-10-26(24)34)29(38)19-37(28-16-13-22(32)17-21(28)3)42(40,41)23-14-11-20(2)12-15-23/h8-17,27H,7,18-19H2,1-6H3,(H,35,39)/t27-/m0/s1. The Bertz CT molecular complexity index is 1530. The molecular formula is C31H36Cl3N3O4S. The van der Waals surface area contributed by atoms with Crippen LogP contribution in [0.5, 0.6) is 0 Å². The number of carbonyl (C=O) groups is 2. The minimum atomic E-state index is -4.22. The number of nitrogens with zero attached hydrogens (tertiary/aromatic N) is 2. The minimum Gasteiger partial charge on any atom is -0.350 e. The number of amides is 2. The van der Waals surface area contributed by atoms with Gasteiger partial charge in [0.15, 0.2) is 0 Å². The van der Waals surface area contributed by atoms with Crippen LogP contribution in [0.4, 0.5) is 5.69 Å². The normalized spacial score (nSPS) is 12.5. The van der Waals surface area contributed by atoms with Gasteiger partial charge in [-0.2, -0.15) is 0 Å². The SMILES string of the molecule is CC[C@@H](C(=O)NC(C)(C)C)N(Cc1c(Cl)cccc1Cl)C(=O)CN(c1ccc(Cl)cc1C)S(=O)(=O)c1ccc(C)cc1. The Morgan fingerprint density at radius 1 is 0.929 bits per heavy atom. The number of rotatable bonds is 10. The number of halogens is 3. The maximum atomic E-state index is 14.3. The quantitative estimate of drug-likeness (QED) is 0.251. The first-order valence-electron chi connectivity index (χ1n) is 13.4. The van der Waals surface area contributed by atoms with Gasteiger partial charge in [0.2, 0.25) is 11.8 Å². The summed E-state index contributed by atoms with van der Waals surface area (Å²) in [6, 6.07) is 15.2. The second-order valence-electron chi connectivity index (χ2n) is 11.1. The molecule has 2 amide bonds. The molecule has 42 heavy (non-hydrogen) atoms. The molecule has 3 aromatic carbocycles. The Labute approximate surface area is 263 Å². The van der Waals surface area contributed by atoms with Crippen LogP contribution in [0.3, 0.4) is 0 Å². The van der Waals surface area contributed by atoms with Gasteiger partial charge >= 0.3 is 0 Å². The number of carbonyl (C=O) groups excluding carboxylic acids is 2. The third kappa shape index (κ3) is 8.19. The van der Waals surface area contributed by atoms with Crippen molar-refractivity contribution in [1.82, 2.24) is 10.2 Å². The van der Waals surface area contributed by atoms with Crippen molar-refractivity contribution in [2.45, 2.75) is 71.0 Å². The Balaban J connectivity index is 2.15. The summed E-state index contributed by atoms with van der Waals surface area (Å²) < 4.78 is 29.2. The third-order valence-electron chi connectivity index (χ3n) is 6.59. The van der Waals surface area contributed by atoms with E-state index in [-0.39, 0.29) is 29.5 Å². The van der Waals surface area contributed by atoms with E-state index < -0.39 is 34.1 Å². The predicted molar refractivity (Wildman–Crippen MR) is 171 cm³/mol. The highest BCUT2D eigenvalue weighted by Gasteiger charge is 2.35. The summed E-state index contributed by atoms with van der Waals surface area (Å²) in [6.07, 6.45) is 0.264. The zero-order chi connectivity index (χ0) is 31.4. The van der Waals surface area contributed by atoms with E-state index >= 15 is 0 Å². The summed E-state index contributed by atoms with van der Waals surface area (Å²) in [4.78, 5) is 29.1. The van der Waals surface area contributed by atoms with E-state index in [1.807, 2.05) is 27.7 Å². The number of hydrogen-bond acceptors (Lipinski definition) is 4. The summed E-state index contributed by atoms with van der Waals surface area (Å²) in [7, 11) is -4.22. The van der Waals surface area contributed by atoms with Gasteiger partial charge in [0.05, 0.1) is 10.6 Å². The van der Waals surface area contributed by atoms with E-state index in [1.54, 1.807) is 62.4 Å². The summed E-state index contributed by atoms with van der Waals surface area (Å²) >= 11 is 19.1. The summed E-state index contributed by atoms with van der Waals surface area (Å²) in [5, 5.41) is 4.01. The number of aryl methyl sites for hydroxylation is 2. The molecule has 11 heteroatoms. The Morgan fingerprint density at radius 3 is 2.05 bits per heavy atom. The molecule has 0 fully saturated rings. The maximum absolute atomic E-state index is 14.3. The van der Waals surface area contributed by atoms with Crippen molar-refractivity contribution in [1.29, 1.82) is 0 Å². The van der Waals surface area contributed by atoms with E-state index in [2.05, 4.69) is 5.32 Å². The zero-order valence-corrected chi connectivity index (χ0v) is 27.6. The van der Waals surface area contributed by atoms with Crippen molar-refractivity contribution in [3.8, 4) is 0 Å². The molecular weight excluding hydrogens is 617 g/mol. The van der Waals surface area contributed by atoms with E-state index in [9.17, 15) is 18.0 Å². The fourth-order valence-corrected chi connectivity index (χ4v) is 6.70. The van der Waals surface area contributed by atoms with Crippen molar-refractivity contribution < 1.29 is 18.0 Å². The molecule has 3 aromatic rings. The van der Waals surface area contributed by atoms with Crippen LogP contribution in [0, 0.1) is 13.8 Å². The van der Waals surface area contributed by atoms with Crippen molar-refractivity contribution >= 4 is 62.3 Å². The first kappa shape index (κ1) is 33.7. The molecule has 1 atom stereocenters. The van der Waals surface area contributed by atoms with Crippen molar-refractivity contribution in [3.05, 3.63) is 92.4 Å². The van der Waals surface area contributed by atoms with Gasteiger partial charge in [0.1, 0.15) is 12.6 Å². The molecule has 3 rings (SSSR count). The van der Waals surface area contributed by atoms with Gasteiger partial charge in [-0.1, -0.05) is 65.5 Å². The molecule has 0 radical (unpaired) electrons. The lowest BCUT2D eigenvalue weighted by Gasteiger charge is -2.35. The Hall–Kier alpha value is -2.78. The monoisotopic (exact) mass is 651 g/mol. The topological polar surface area (TPSA) is 86.8 Å². The van der Waals surface area contributed by atoms with Crippen LogP contribution in [-0.4, -0.2) is 43.3 Å². The highest BCUT2D eigenvalue weighted by Crippen LogP contribution is 2.31. The second kappa shape index (κ2) is 13.7. The fourth-order valence-electron chi connectivity index (χ4n) is 4.48. The van der Waals surface area contributed by atoms with Gasteiger partial charge in [0, 0.05) is 32.7 Å². The minimum absolute atomic E-state index is 0.0217. The van der Waals surface area contributed by atoms with Crippen LogP contribution in [-0.2, 0) is 26.2 Å². The summed E-state index contributed by atoms with van der Waals surface area (Å²) in [6.45, 7) is 10.2. The van der Waals surface area contributed by atoms with Crippen molar-refractivity contribution in [2.75, 3.05) is 10.8 Å². The third-order valence-corrected chi connectivity index (χ3v) is 9.31. The van der Waals surface area contributed by atoms with Gasteiger partial charge < -0.3 is 10.2 Å². The van der Waals surface area contributed by atoms with Crippen LogP contribution < -0.4 is 9.62 Å². The van der Waals surface area contributed by atoms with Crippen molar-refractivity contribution in [2.24, 2.45) is 0 Å². The van der Waals surface area contributed by atoms with Crippen LogP contribution in [0.1, 0.15) is 50.8 Å². The van der Waals surface area contributed by atoms with Gasteiger partial charge in [-0.3, -0.25) is 13.9 Å². The molecule has 1 N–H and O–H groups in total. The maximum Gasteiger partial charge on any atom is 0.264 e. The predicted octanol–water partition coefficient (Wildman–Crippen LogP) is 7.18. The van der Waals surface area contributed by atoms with E-state index in [0.29, 0.717) is 26.2 Å². The molecule has 0 aliphatic heterocycles. The van der Waals surface area contributed by atoms with Crippen LogP contribution in [0.2, 0.25) is 15.1 Å². The van der Waals surface area contributed by atoms with Crippen LogP contribution >= 0.6 is 34.8 Å². The average Bonchev–Trinajstić information content (AvgIpc) is 2.88. The van der Waals surface area contributed by atoms with Crippen LogP contribution in [0.15, 0.2) is 65.6 Å². The van der Waals surface area contributed by atoms with Gasteiger partial charge in [0.25, 0.3) is 10.0 Å². The van der Waals surface area contributed by atoms with E-state index in [0.717, 1.165) is 9.87 Å². The molecule has 0 aromatic heterocycles. The molecule has 226 valence electrons. The van der Waals surface area contributed by atoms with E-state index in [1.165, 1.54) is 17.0 Å². The zero-order valence-electron chi connectivity index (χ0n) is 24.5. The lowest BCUT2D eigenvalue weighted by Crippen LogP contribution is -2.55. The lowest BCUT2D eigenvalue weighted by atomic mass is 10.1. The van der Waals surface area contributed by atoms with Gasteiger partial charge in [-0.05, 0) is 89.1 Å². The highest BCUT2D eigenvalue weighted by molar-refractivity contribution is 7.92. The number of nitrogens with one attached hydrogen (secondary N) is 1. The van der Waals surface area contributed by atoms with Gasteiger partial charge in [-0.25, -0.2) is 8.42 Å². The first-order valence-corrected chi connectivity index (χ1v) is 16.0. The summed E-state index contributed by atoms with van der Waals surface area (Å²) in [5.74, 6) is -0.982. The fraction of sp³-hybridized carbons (Fsp3) is 0.355. The smallest absolute Gasteiger partial charge is 0.264 e. The van der Waals surface area contributed by atoms with E-state index in [4.69, 9.17) is 34.8 Å². The molecule has 0 aliphatic rings. The molecule has 0 unspecified atom stereocenters. The second-order valence-corrected chi connectivity index (χ2v) is 14.3. The lowest BCUT2D eigenvalue weighted by molar-refractivity contribution is -0.141. The highest BCUT2D eigenvalue weighted by atomic mass is 35.5. The van der Waals surface area contributed by atoms with Crippen molar-refractivity contribution in [3.63, 3.8) is 0 Å². The number of anilines is 1. The number of benzene rings is 3. The molecule has 0 heterocycles. The average molecular weight is 653 g/mol. The van der Waals surface area contributed by atoms with Gasteiger partial charge in [-0.15, -0.1) is 0 Å². The molecule has 0 aliphatic carbocycles. The molecule has 0 saturated heterocycles. The largest absolute Gasteiger partial charge is 0.350 e. The molecule has 0 spiro atoms.